The van der Waals surface area contributed by atoms with E-state index < -0.39 is 12.1 Å². The van der Waals surface area contributed by atoms with Crippen LogP contribution in [0.15, 0.2) is 22.0 Å². The lowest BCUT2D eigenvalue weighted by molar-refractivity contribution is -0.155. The van der Waals surface area contributed by atoms with Crippen LogP contribution in [0, 0.1) is 0 Å². The molecule has 23 heavy (non-hydrogen) atoms. The van der Waals surface area contributed by atoms with Crippen molar-refractivity contribution < 1.29 is 18.8 Å². The van der Waals surface area contributed by atoms with Crippen molar-refractivity contribution in [1.29, 1.82) is 0 Å². The molecule has 2 aromatic heterocycles. The first-order valence-electron chi connectivity index (χ1n) is 7.32. The Hall–Kier alpha value is -2.22. The van der Waals surface area contributed by atoms with Crippen LogP contribution >= 0.6 is 11.3 Å². The Kier molecular flexibility index (Phi) is 5.86. The van der Waals surface area contributed by atoms with Gasteiger partial charge in [0, 0.05) is 12.5 Å². The minimum absolute atomic E-state index is 0.00211. The molecule has 0 unspecified atom stereocenters. The van der Waals surface area contributed by atoms with Crippen LogP contribution in [0.5, 0.6) is 0 Å². The second-order valence-corrected chi connectivity index (χ2v) is 6.23. The van der Waals surface area contributed by atoms with Crippen LogP contribution < -0.4 is 5.32 Å². The minimum Gasteiger partial charge on any atom is -0.453 e. The number of hydrogen-bond acceptors (Lipinski definition) is 7. The molecule has 2 aromatic rings. The van der Waals surface area contributed by atoms with Gasteiger partial charge in [0.1, 0.15) is 0 Å². The molecule has 0 aliphatic rings. The number of esters is 1. The molecule has 1 amide bonds. The highest BCUT2D eigenvalue weighted by Crippen LogP contribution is 2.21. The minimum atomic E-state index is -0.825. The van der Waals surface area contributed by atoms with E-state index in [1.807, 2.05) is 31.4 Å². The zero-order valence-electron chi connectivity index (χ0n) is 13.2. The summed E-state index contributed by atoms with van der Waals surface area (Å²) < 4.78 is 10.2. The smallest absolute Gasteiger partial charge is 0.307 e. The maximum Gasteiger partial charge on any atom is 0.307 e. The van der Waals surface area contributed by atoms with E-state index in [0.717, 1.165) is 4.88 Å². The van der Waals surface area contributed by atoms with Crippen molar-refractivity contribution >= 4 is 23.2 Å². The predicted octanol–water partition coefficient (Wildman–Crippen LogP) is 2.19. The fourth-order valence-corrected chi connectivity index (χ4v) is 2.43. The van der Waals surface area contributed by atoms with Gasteiger partial charge in [0.05, 0.1) is 11.3 Å². The zero-order chi connectivity index (χ0) is 16.8. The Morgan fingerprint density at radius 2 is 2.17 bits per heavy atom. The summed E-state index contributed by atoms with van der Waals surface area (Å²) in [7, 11) is 0. The molecule has 0 aliphatic carbocycles. The van der Waals surface area contributed by atoms with Crippen LogP contribution in [0.4, 0.5) is 0 Å². The van der Waals surface area contributed by atoms with E-state index in [0.29, 0.717) is 11.7 Å². The fourth-order valence-electron chi connectivity index (χ4n) is 1.78. The third kappa shape index (κ3) is 5.17. The van der Waals surface area contributed by atoms with E-state index in [1.165, 1.54) is 18.3 Å². The van der Waals surface area contributed by atoms with Crippen molar-refractivity contribution in [3.05, 3.63) is 23.4 Å². The predicted molar refractivity (Wildman–Crippen MR) is 84.8 cm³/mol. The molecule has 7 nitrogen and oxygen atoms in total. The van der Waals surface area contributed by atoms with Crippen molar-refractivity contribution in [3.63, 3.8) is 0 Å². The van der Waals surface area contributed by atoms with Crippen molar-refractivity contribution in [2.45, 2.75) is 45.8 Å². The lowest BCUT2D eigenvalue weighted by atomic mass is 10.3. The monoisotopic (exact) mass is 337 g/mol. The van der Waals surface area contributed by atoms with Gasteiger partial charge in [0.2, 0.25) is 11.7 Å². The Balaban J connectivity index is 1.79. The van der Waals surface area contributed by atoms with Gasteiger partial charge in [-0.15, -0.1) is 11.3 Å². The zero-order valence-corrected chi connectivity index (χ0v) is 14.1. The molecule has 8 heteroatoms. The summed E-state index contributed by atoms with van der Waals surface area (Å²) in [5.41, 5.74) is 0. The number of ether oxygens (including phenoxy) is 1. The van der Waals surface area contributed by atoms with Crippen molar-refractivity contribution in [1.82, 2.24) is 15.5 Å². The molecular weight excluding hydrogens is 318 g/mol. The van der Waals surface area contributed by atoms with Crippen molar-refractivity contribution in [2.24, 2.45) is 0 Å². The van der Waals surface area contributed by atoms with Gasteiger partial charge in [-0.25, -0.2) is 0 Å². The first-order chi connectivity index (χ1) is 11.0. The highest BCUT2D eigenvalue weighted by molar-refractivity contribution is 7.13. The molecule has 0 fully saturated rings. The van der Waals surface area contributed by atoms with Gasteiger partial charge in [-0.2, -0.15) is 4.98 Å². The highest BCUT2D eigenvalue weighted by atomic mass is 32.1. The highest BCUT2D eigenvalue weighted by Gasteiger charge is 2.19. The fraction of sp³-hybridized carbons (Fsp3) is 0.467. The summed E-state index contributed by atoms with van der Waals surface area (Å²) in [5, 5.41) is 8.47. The molecule has 124 valence electrons. The molecule has 2 heterocycles. The van der Waals surface area contributed by atoms with Crippen LogP contribution in [0.25, 0.3) is 10.7 Å². The lowest BCUT2D eigenvalue weighted by Crippen LogP contribution is -2.39. The third-order valence-electron chi connectivity index (χ3n) is 2.86. The van der Waals surface area contributed by atoms with Crippen LogP contribution in [0.3, 0.4) is 0 Å². The number of amides is 1. The lowest BCUT2D eigenvalue weighted by Gasteiger charge is -2.15. The van der Waals surface area contributed by atoms with Gasteiger partial charge < -0.3 is 14.6 Å². The summed E-state index contributed by atoms with van der Waals surface area (Å²) in [6.07, 6.45) is -0.476. The SMILES string of the molecule is CC(C)NC(=O)[C@H](C)OC(=O)CCc1nc(-c2cccs2)no1. The Morgan fingerprint density at radius 1 is 1.39 bits per heavy atom. The average molecular weight is 337 g/mol. The van der Waals surface area contributed by atoms with Crippen LogP contribution in [-0.2, 0) is 20.7 Å². The van der Waals surface area contributed by atoms with Crippen LogP contribution in [0.2, 0.25) is 0 Å². The number of aryl methyl sites for hydroxylation is 1. The number of nitrogens with one attached hydrogen (secondary N) is 1. The Bertz CT molecular complexity index is 651. The molecule has 0 saturated carbocycles. The standard InChI is InChI=1S/C15H19N3O4S/c1-9(2)16-15(20)10(3)21-13(19)7-6-12-17-14(18-22-12)11-5-4-8-23-11/h4-5,8-10H,6-7H2,1-3H3,(H,16,20)/t10-/m0/s1. The second kappa shape index (κ2) is 7.87. The van der Waals surface area contributed by atoms with E-state index >= 15 is 0 Å². The summed E-state index contributed by atoms with van der Waals surface area (Å²) in [4.78, 5) is 28.6. The van der Waals surface area contributed by atoms with E-state index in [2.05, 4.69) is 15.5 Å². The van der Waals surface area contributed by atoms with Crippen molar-refractivity contribution in [3.8, 4) is 10.7 Å². The van der Waals surface area contributed by atoms with Gasteiger partial charge in [-0.05, 0) is 32.2 Å². The summed E-state index contributed by atoms with van der Waals surface area (Å²) in [5.74, 6) is 0.0797. The first-order valence-corrected chi connectivity index (χ1v) is 8.20. The molecule has 0 bridgehead atoms. The average Bonchev–Trinajstić information content (AvgIpc) is 3.15. The van der Waals surface area contributed by atoms with Crippen LogP contribution in [0.1, 0.15) is 33.1 Å². The number of nitrogens with zero attached hydrogens (tertiary/aromatic N) is 2. The maximum atomic E-state index is 11.8. The second-order valence-electron chi connectivity index (χ2n) is 5.28. The molecular formula is C15H19N3O4S. The third-order valence-corrected chi connectivity index (χ3v) is 3.73. The first kappa shape index (κ1) is 17.1. The van der Waals surface area contributed by atoms with Gasteiger partial charge in [0.15, 0.2) is 6.10 Å². The molecule has 0 aromatic carbocycles. The van der Waals surface area contributed by atoms with Crippen LogP contribution in [-0.4, -0.2) is 34.2 Å². The van der Waals surface area contributed by atoms with E-state index in [-0.39, 0.29) is 24.8 Å². The Labute approximate surface area is 138 Å². The number of thiophene rings is 1. The van der Waals surface area contributed by atoms with Gasteiger partial charge >= 0.3 is 5.97 Å². The summed E-state index contributed by atoms with van der Waals surface area (Å²) in [6, 6.07) is 3.79. The Morgan fingerprint density at radius 3 is 2.83 bits per heavy atom. The number of aromatic nitrogens is 2. The molecule has 0 saturated heterocycles. The molecule has 1 N–H and O–H groups in total. The van der Waals surface area contributed by atoms with E-state index in [1.54, 1.807) is 0 Å². The number of carbonyl (C=O) groups is 2. The molecule has 0 spiro atoms. The quantitative estimate of drug-likeness (QED) is 0.778. The van der Waals surface area contributed by atoms with Crippen molar-refractivity contribution in [2.75, 3.05) is 0 Å². The summed E-state index contributed by atoms with van der Waals surface area (Å²) >= 11 is 1.51. The number of rotatable bonds is 7. The van der Waals surface area contributed by atoms with Gasteiger partial charge in [0.25, 0.3) is 5.91 Å². The molecule has 0 radical (unpaired) electrons. The molecule has 0 aliphatic heterocycles. The number of carbonyl (C=O) groups excluding carboxylic acids is 2. The molecule has 2 rings (SSSR count). The summed E-state index contributed by atoms with van der Waals surface area (Å²) in [6.45, 7) is 5.22. The topological polar surface area (TPSA) is 94.3 Å². The number of hydrogen-bond donors (Lipinski definition) is 1. The largest absolute Gasteiger partial charge is 0.453 e. The van der Waals surface area contributed by atoms with Gasteiger partial charge in [-0.1, -0.05) is 11.2 Å². The van der Waals surface area contributed by atoms with E-state index in [4.69, 9.17) is 9.26 Å². The molecule has 1 atom stereocenters. The van der Waals surface area contributed by atoms with E-state index in [9.17, 15) is 9.59 Å². The van der Waals surface area contributed by atoms with Gasteiger partial charge in [-0.3, -0.25) is 9.59 Å². The normalized spacial score (nSPS) is 12.2. The maximum absolute atomic E-state index is 11.8.